The van der Waals surface area contributed by atoms with Crippen LogP contribution in [-0.2, 0) is 6.54 Å². The van der Waals surface area contributed by atoms with Crippen LogP contribution in [0.2, 0.25) is 0 Å². The van der Waals surface area contributed by atoms with Crippen LogP contribution >= 0.6 is 22.7 Å². The smallest absolute Gasteiger partial charge is 0.133 e. The van der Waals surface area contributed by atoms with Crippen molar-refractivity contribution >= 4 is 22.7 Å². The van der Waals surface area contributed by atoms with Gasteiger partial charge in [-0.2, -0.15) is 0 Å². The maximum absolute atomic E-state index is 4.53. The lowest BCUT2D eigenvalue weighted by atomic mass is 10.2. The molecular formula is C13H17N3S2. The van der Waals surface area contributed by atoms with E-state index >= 15 is 0 Å². The fourth-order valence-electron chi connectivity index (χ4n) is 2.27. The van der Waals surface area contributed by atoms with Gasteiger partial charge in [0.15, 0.2) is 0 Å². The lowest BCUT2D eigenvalue weighted by Crippen LogP contribution is -2.48. The summed E-state index contributed by atoms with van der Waals surface area (Å²) in [5.74, 6) is 0. The molecule has 1 aliphatic heterocycles. The van der Waals surface area contributed by atoms with E-state index in [1.807, 2.05) is 17.5 Å². The molecule has 1 N–H and O–H groups in total. The van der Waals surface area contributed by atoms with Crippen LogP contribution in [0.5, 0.6) is 0 Å². The fraction of sp³-hybridized carbons (Fsp3) is 0.462. The van der Waals surface area contributed by atoms with Crippen molar-refractivity contribution in [1.82, 2.24) is 15.2 Å². The number of hydrogen-bond acceptors (Lipinski definition) is 5. The zero-order valence-corrected chi connectivity index (χ0v) is 12.1. The summed E-state index contributed by atoms with van der Waals surface area (Å²) in [6.45, 7) is 6.64. The quantitative estimate of drug-likeness (QED) is 0.936. The number of nitrogens with one attached hydrogen (secondary N) is 1. The highest BCUT2D eigenvalue weighted by molar-refractivity contribution is 7.20. The number of rotatable bonds is 3. The Labute approximate surface area is 115 Å². The normalized spacial score (nSPS) is 21.3. The van der Waals surface area contributed by atoms with E-state index in [1.165, 1.54) is 9.75 Å². The van der Waals surface area contributed by atoms with Crippen molar-refractivity contribution in [2.75, 3.05) is 19.6 Å². The predicted octanol–water partition coefficient (Wildman–Crippen LogP) is 2.67. The Balaban J connectivity index is 1.66. The number of thiophene rings is 1. The van der Waals surface area contributed by atoms with E-state index < -0.39 is 0 Å². The summed E-state index contributed by atoms with van der Waals surface area (Å²) >= 11 is 3.58. The van der Waals surface area contributed by atoms with Crippen LogP contribution in [-0.4, -0.2) is 35.6 Å². The van der Waals surface area contributed by atoms with E-state index in [0.717, 1.165) is 31.2 Å². The number of piperazine rings is 1. The van der Waals surface area contributed by atoms with E-state index in [1.54, 1.807) is 11.3 Å². The van der Waals surface area contributed by atoms with Crippen LogP contribution in [0.4, 0.5) is 0 Å². The Morgan fingerprint density at radius 3 is 3.28 bits per heavy atom. The molecule has 0 aliphatic carbocycles. The van der Waals surface area contributed by atoms with Gasteiger partial charge in [-0.1, -0.05) is 6.07 Å². The zero-order chi connectivity index (χ0) is 12.4. The molecule has 3 rings (SSSR count). The Kier molecular flexibility index (Phi) is 3.75. The molecule has 96 valence electrons. The van der Waals surface area contributed by atoms with Gasteiger partial charge in [-0.25, -0.2) is 4.98 Å². The Morgan fingerprint density at radius 1 is 1.56 bits per heavy atom. The van der Waals surface area contributed by atoms with E-state index in [4.69, 9.17) is 0 Å². The first-order valence-corrected chi connectivity index (χ1v) is 7.95. The molecule has 0 saturated carbocycles. The van der Waals surface area contributed by atoms with Gasteiger partial charge in [0.1, 0.15) is 5.01 Å². The van der Waals surface area contributed by atoms with E-state index in [9.17, 15) is 0 Å². The second kappa shape index (κ2) is 5.48. The summed E-state index contributed by atoms with van der Waals surface area (Å²) in [5, 5.41) is 6.73. The number of nitrogens with zero attached hydrogens (tertiary/aromatic N) is 2. The average molecular weight is 279 g/mol. The van der Waals surface area contributed by atoms with Gasteiger partial charge in [-0.05, 0) is 18.4 Å². The lowest BCUT2D eigenvalue weighted by molar-refractivity contribution is 0.201. The molecule has 0 bridgehead atoms. The number of hydrogen-bond donors (Lipinski definition) is 1. The highest BCUT2D eigenvalue weighted by Gasteiger charge is 2.16. The molecule has 18 heavy (non-hydrogen) atoms. The highest BCUT2D eigenvalue weighted by Crippen LogP contribution is 2.29. The van der Waals surface area contributed by atoms with Crippen molar-refractivity contribution in [3.05, 3.63) is 28.6 Å². The molecule has 1 unspecified atom stereocenters. The molecule has 0 radical (unpaired) electrons. The van der Waals surface area contributed by atoms with Crippen LogP contribution in [0, 0.1) is 0 Å². The summed E-state index contributed by atoms with van der Waals surface area (Å²) in [6, 6.07) is 4.82. The minimum absolute atomic E-state index is 0.600. The third-order valence-electron chi connectivity index (χ3n) is 3.12. The van der Waals surface area contributed by atoms with E-state index in [-0.39, 0.29) is 0 Å². The molecule has 1 aliphatic rings. The third kappa shape index (κ3) is 2.80. The average Bonchev–Trinajstić information content (AvgIpc) is 2.98. The SMILES string of the molecule is CC1CN(Cc2cnc(-c3cccs3)s2)CCN1. The van der Waals surface area contributed by atoms with Crippen LogP contribution < -0.4 is 5.32 Å². The van der Waals surface area contributed by atoms with E-state index in [2.05, 4.69) is 39.6 Å². The van der Waals surface area contributed by atoms with E-state index in [0.29, 0.717) is 6.04 Å². The van der Waals surface area contributed by atoms with Crippen LogP contribution in [0.3, 0.4) is 0 Å². The van der Waals surface area contributed by atoms with Crippen molar-refractivity contribution in [2.45, 2.75) is 19.5 Å². The van der Waals surface area contributed by atoms with Gasteiger partial charge >= 0.3 is 0 Å². The molecule has 2 aromatic rings. The summed E-state index contributed by atoms with van der Waals surface area (Å²) in [7, 11) is 0. The molecule has 1 fully saturated rings. The molecule has 0 aromatic carbocycles. The fourth-order valence-corrected chi connectivity index (χ4v) is 4.03. The van der Waals surface area contributed by atoms with Gasteiger partial charge in [0, 0.05) is 43.3 Å². The Bertz CT molecular complexity index is 492. The molecule has 0 spiro atoms. The first-order valence-electron chi connectivity index (χ1n) is 6.25. The Morgan fingerprint density at radius 2 is 2.50 bits per heavy atom. The molecule has 0 amide bonds. The minimum Gasteiger partial charge on any atom is -0.312 e. The maximum Gasteiger partial charge on any atom is 0.133 e. The zero-order valence-electron chi connectivity index (χ0n) is 10.4. The number of thiazole rings is 1. The van der Waals surface area contributed by atoms with Gasteiger partial charge in [0.2, 0.25) is 0 Å². The summed E-state index contributed by atoms with van der Waals surface area (Å²) in [6.07, 6.45) is 2.03. The van der Waals surface area contributed by atoms with Crippen molar-refractivity contribution < 1.29 is 0 Å². The predicted molar refractivity (Wildman–Crippen MR) is 78.2 cm³/mol. The molecule has 2 aromatic heterocycles. The second-order valence-electron chi connectivity index (χ2n) is 4.70. The molecule has 1 atom stereocenters. The lowest BCUT2D eigenvalue weighted by Gasteiger charge is -2.31. The molecule has 3 heterocycles. The standard InChI is InChI=1S/C13H17N3S2/c1-10-8-16(5-4-14-10)9-11-7-15-13(18-11)12-3-2-6-17-12/h2-3,6-7,10,14H,4-5,8-9H2,1H3. The van der Waals surface area contributed by atoms with Gasteiger partial charge < -0.3 is 5.32 Å². The minimum atomic E-state index is 0.600. The van der Waals surface area contributed by atoms with Crippen molar-refractivity contribution in [3.8, 4) is 9.88 Å². The van der Waals surface area contributed by atoms with Gasteiger partial charge in [-0.15, -0.1) is 22.7 Å². The molecule has 3 nitrogen and oxygen atoms in total. The maximum atomic E-state index is 4.53. The van der Waals surface area contributed by atoms with Gasteiger partial charge in [0.05, 0.1) is 4.88 Å². The molecule has 1 saturated heterocycles. The summed E-state index contributed by atoms with van der Waals surface area (Å²) in [5.41, 5.74) is 0. The van der Waals surface area contributed by atoms with Crippen molar-refractivity contribution in [3.63, 3.8) is 0 Å². The first-order chi connectivity index (χ1) is 8.81. The Hall–Kier alpha value is -0.750. The monoisotopic (exact) mass is 279 g/mol. The topological polar surface area (TPSA) is 28.2 Å². The van der Waals surface area contributed by atoms with Crippen molar-refractivity contribution in [2.24, 2.45) is 0 Å². The largest absolute Gasteiger partial charge is 0.312 e. The number of aromatic nitrogens is 1. The molecule has 5 heteroatoms. The van der Waals surface area contributed by atoms with Crippen LogP contribution in [0.15, 0.2) is 23.7 Å². The third-order valence-corrected chi connectivity index (χ3v) is 5.14. The van der Waals surface area contributed by atoms with Crippen molar-refractivity contribution in [1.29, 1.82) is 0 Å². The van der Waals surface area contributed by atoms with Gasteiger partial charge in [0.25, 0.3) is 0 Å². The first kappa shape index (κ1) is 12.3. The highest BCUT2D eigenvalue weighted by atomic mass is 32.1. The molecular weight excluding hydrogens is 262 g/mol. The summed E-state index contributed by atoms with van der Waals surface area (Å²) < 4.78 is 0. The van der Waals surface area contributed by atoms with Gasteiger partial charge in [-0.3, -0.25) is 4.90 Å². The van der Waals surface area contributed by atoms with Crippen LogP contribution in [0.1, 0.15) is 11.8 Å². The van der Waals surface area contributed by atoms with Crippen LogP contribution in [0.25, 0.3) is 9.88 Å². The summed E-state index contributed by atoms with van der Waals surface area (Å²) in [4.78, 5) is 9.68. The second-order valence-corrected chi connectivity index (χ2v) is 6.76.